The van der Waals surface area contributed by atoms with Gasteiger partial charge in [0.15, 0.2) is 0 Å². The van der Waals surface area contributed by atoms with E-state index >= 15 is 0 Å². The summed E-state index contributed by atoms with van der Waals surface area (Å²) in [5.41, 5.74) is 0.935. The van der Waals surface area contributed by atoms with E-state index in [0.717, 1.165) is 18.8 Å². The van der Waals surface area contributed by atoms with Gasteiger partial charge in [0.2, 0.25) is 0 Å². The molecule has 0 fully saturated rings. The van der Waals surface area contributed by atoms with Gasteiger partial charge in [-0.1, -0.05) is 26.7 Å². The van der Waals surface area contributed by atoms with E-state index in [4.69, 9.17) is 4.42 Å². The standard InChI is InChI=1S/C11H21N3O/c1-4-9(5-2)6-13-11-14-10(7-12-3)8-15-11/h8-9,12H,4-7H2,1-3H3,(H,13,14). The molecule has 0 saturated heterocycles. The molecule has 0 amide bonds. The second kappa shape index (κ2) is 6.45. The molecule has 1 rings (SSSR count). The first-order valence-electron chi connectivity index (χ1n) is 5.63. The van der Waals surface area contributed by atoms with Crippen molar-refractivity contribution < 1.29 is 4.42 Å². The minimum absolute atomic E-state index is 0.632. The van der Waals surface area contributed by atoms with E-state index in [1.807, 2.05) is 7.05 Å². The first kappa shape index (κ1) is 12.0. The molecular formula is C11H21N3O. The van der Waals surface area contributed by atoms with Gasteiger partial charge < -0.3 is 15.1 Å². The van der Waals surface area contributed by atoms with Crippen molar-refractivity contribution in [3.05, 3.63) is 12.0 Å². The Labute approximate surface area is 91.5 Å². The van der Waals surface area contributed by atoms with E-state index in [9.17, 15) is 0 Å². The SMILES string of the molecule is CCC(CC)CNc1nc(CNC)co1. The Bertz CT molecular complexity index is 269. The van der Waals surface area contributed by atoms with Crippen LogP contribution in [-0.4, -0.2) is 18.6 Å². The summed E-state index contributed by atoms with van der Waals surface area (Å²) in [5.74, 6) is 0.699. The number of rotatable bonds is 7. The number of nitrogens with zero attached hydrogens (tertiary/aromatic N) is 1. The van der Waals surface area contributed by atoms with Crippen molar-refractivity contribution >= 4 is 6.01 Å². The van der Waals surface area contributed by atoms with Crippen LogP contribution < -0.4 is 10.6 Å². The number of oxazole rings is 1. The molecule has 0 aliphatic rings. The summed E-state index contributed by atoms with van der Waals surface area (Å²) >= 11 is 0. The molecule has 4 heteroatoms. The lowest BCUT2D eigenvalue weighted by Crippen LogP contribution is -2.13. The third kappa shape index (κ3) is 3.91. The number of anilines is 1. The first-order chi connectivity index (χ1) is 7.30. The van der Waals surface area contributed by atoms with Gasteiger partial charge >= 0.3 is 0 Å². The fraction of sp³-hybridized carbons (Fsp3) is 0.727. The molecule has 0 unspecified atom stereocenters. The molecule has 0 atom stereocenters. The molecule has 0 spiro atoms. The molecule has 2 N–H and O–H groups in total. The Kier molecular flexibility index (Phi) is 5.18. The van der Waals surface area contributed by atoms with Crippen LogP contribution in [0.1, 0.15) is 32.4 Å². The molecule has 0 aromatic carbocycles. The molecule has 0 radical (unpaired) electrons. The highest BCUT2D eigenvalue weighted by atomic mass is 16.4. The van der Waals surface area contributed by atoms with Crippen LogP contribution in [0.4, 0.5) is 6.01 Å². The molecule has 0 bridgehead atoms. The number of nitrogens with one attached hydrogen (secondary N) is 2. The van der Waals surface area contributed by atoms with Crippen LogP contribution in [0.2, 0.25) is 0 Å². The van der Waals surface area contributed by atoms with Gasteiger partial charge in [0.25, 0.3) is 6.01 Å². The normalized spacial score (nSPS) is 10.9. The van der Waals surface area contributed by atoms with E-state index in [1.165, 1.54) is 12.8 Å². The maximum atomic E-state index is 5.29. The number of hydrogen-bond donors (Lipinski definition) is 2. The smallest absolute Gasteiger partial charge is 0.294 e. The molecule has 15 heavy (non-hydrogen) atoms. The van der Waals surface area contributed by atoms with Gasteiger partial charge in [-0.3, -0.25) is 0 Å². The van der Waals surface area contributed by atoms with E-state index in [0.29, 0.717) is 11.9 Å². The zero-order chi connectivity index (χ0) is 11.1. The van der Waals surface area contributed by atoms with Crippen LogP contribution in [0.5, 0.6) is 0 Å². The maximum Gasteiger partial charge on any atom is 0.294 e. The maximum absolute atomic E-state index is 5.29. The van der Waals surface area contributed by atoms with Crippen molar-refractivity contribution in [3.8, 4) is 0 Å². The van der Waals surface area contributed by atoms with Crippen molar-refractivity contribution in [3.63, 3.8) is 0 Å². The zero-order valence-corrected chi connectivity index (χ0v) is 9.84. The third-order valence-corrected chi connectivity index (χ3v) is 2.61. The summed E-state index contributed by atoms with van der Waals surface area (Å²) in [6.07, 6.45) is 4.06. The highest BCUT2D eigenvalue weighted by Crippen LogP contribution is 2.11. The Balaban J connectivity index is 2.36. The monoisotopic (exact) mass is 211 g/mol. The van der Waals surface area contributed by atoms with Crippen LogP contribution in [0.15, 0.2) is 10.7 Å². The average Bonchev–Trinajstić information content (AvgIpc) is 2.68. The predicted molar refractivity (Wildman–Crippen MR) is 61.8 cm³/mol. The third-order valence-electron chi connectivity index (χ3n) is 2.61. The number of aromatic nitrogens is 1. The minimum atomic E-state index is 0.632. The largest absolute Gasteiger partial charge is 0.432 e. The second-order valence-electron chi connectivity index (χ2n) is 3.74. The first-order valence-corrected chi connectivity index (χ1v) is 5.63. The second-order valence-corrected chi connectivity index (χ2v) is 3.74. The fourth-order valence-electron chi connectivity index (χ4n) is 1.46. The molecule has 0 saturated carbocycles. The lowest BCUT2D eigenvalue weighted by atomic mass is 10.0. The van der Waals surface area contributed by atoms with Crippen LogP contribution in [-0.2, 0) is 6.54 Å². The van der Waals surface area contributed by atoms with Crippen molar-refractivity contribution in [2.45, 2.75) is 33.2 Å². The van der Waals surface area contributed by atoms with Crippen LogP contribution in [0.3, 0.4) is 0 Å². The Morgan fingerprint density at radius 2 is 2.13 bits per heavy atom. The van der Waals surface area contributed by atoms with Gasteiger partial charge in [-0.05, 0) is 13.0 Å². The Morgan fingerprint density at radius 3 is 2.73 bits per heavy atom. The summed E-state index contributed by atoms with van der Waals surface area (Å²) < 4.78 is 5.29. The van der Waals surface area contributed by atoms with Crippen molar-refractivity contribution in [2.24, 2.45) is 5.92 Å². The van der Waals surface area contributed by atoms with Gasteiger partial charge in [-0.25, -0.2) is 0 Å². The molecule has 0 aliphatic heterocycles. The van der Waals surface area contributed by atoms with E-state index in [1.54, 1.807) is 6.26 Å². The molecule has 4 nitrogen and oxygen atoms in total. The average molecular weight is 211 g/mol. The molecule has 1 aromatic rings. The van der Waals surface area contributed by atoms with E-state index < -0.39 is 0 Å². The van der Waals surface area contributed by atoms with Crippen molar-refractivity contribution in [2.75, 3.05) is 18.9 Å². The lowest BCUT2D eigenvalue weighted by molar-refractivity contribution is 0.501. The van der Waals surface area contributed by atoms with Gasteiger partial charge in [-0.2, -0.15) is 4.98 Å². The molecular weight excluding hydrogens is 190 g/mol. The summed E-state index contributed by atoms with van der Waals surface area (Å²) in [7, 11) is 1.89. The fourth-order valence-corrected chi connectivity index (χ4v) is 1.46. The minimum Gasteiger partial charge on any atom is -0.432 e. The van der Waals surface area contributed by atoms with E-state index in [-0.39, 0.29) is 0 Å². The van der Waals surface area contributed by atoms with E-state index in [2.05, 4.69) is 29.5 Å². The van der Waals surface area contributed by atoms with Gasteiger partial charge in [0.1, 0.15) is 6.26 Å². The summed E-state index contributed by atoms with van der Waals surface area (Å²) in [6, 6.07) is 0.632. The zero-order valence-electron chi connectivity index (χ0n) is 9.84. The highest BCUT2D eigenvalue weighted by Gasteiger charge is 2.06. The lowest BCUT2D eigenvalue weighted by Gasteiger charge is -2.11. The topological polar surface area (TPSA) is 50.1 Å². The molecule has 1 aromatic heterocycles. The van der Waals surface area contributed by atoms with Crippen molar-refractivity contribution in [1.82, 2.24) is 10.3 Å². The van der Waals surface area contributed by atoms with Gasteiger partial charge in [-0.15, -0.1) is 0 Å². The predicted octanol–water partition coefficient (Wildman–Crippen LogP) is 2.24. The van der Waals surface area contributed by atoms with Crippen LogP contribution in [0, 0.1) is 5.92 Å². The van der Waals surface area contributed by atoms with Crippen LogP contribution in [0.25, 0.3) is 0 Å². The van der Waals surface area contributed by atoms with Gasteiger partial charge in [0.05, 0.1) is 5.69 Å². The quantitative estimate of drug-likeness (QED) is 0.726. The molecule has 1 heterocycles. The summed E-state index contributed by atoms with van der Waals surface area (Å²) in [4.78, 5) is 4.30. The summed E-state index contributed by atoms with van der Waals surface area (Å²) in [6.45, 7) is 6.10. The number of hydrogen-bond acceptors (Lipinski definition) is 4. The Hall–Kier alpha value is -1.03. The highest BCUT2D eigenvalue weighted by molar-refractivity contribution is 5.21. The van der Waals surface area contributed by atoms with Gasteiger partial charge in [0, 0.05) is 13.1 Å². The Morgan fingerprint density at radius 1 is 1.40 bits per heavy atom. The molecule has 0 aliphatic carbocycles. The van der Waals surface area contributed by atoms with Crippen LogP contribution >= 0.6 is 0 Å². The summed E-state index contributed by atoms with van der Waals surface area (Å²) in [5, 5.41) is 6.25. The molecule has 86 valence electrons. The van der Waals surface area contributed by atoms with Crippen molar-refractivity contribution in [1.29, 1.82) is 0 Å².